The monoisotopic (exact) mass is 306 g/mol. The van der Waals surface area contributed by atoms with Crippen molar-refractivity contribution in [3.05, 3.63) is 40.5 Å². The predicted molar refractivity (Wildman–Crippen MR) is 79.7 cm³/mol. The largest absolute Gasteiger partial charge is 0.467 e. The van der Waals surface area contributed by atoms with Gasteiger partial charge in [0.2, 0.25) is 0 Å². The van der Waals surface area contributed by atoms with Crippen molar-refractivity contribution in [2.45, 2.75) is 13.8 Å². The zero-order chi connectivity index (χ0) is 15.4. The molecule has 2 rings (SSSR count). The molecule has 1 heterocycles. The predicted octanol–water partition coefficient (Wildman–Crippen LogP) is 3.29. The van der Waals surface area contributed by atoms with Crippen LogP contribution in [0, 0.1) is 6.92 Å². The summed E-state index contributed by atoms with van der Waals surface area (Å²) in [4.78, 5) is 20.6. The van der Waals surface area contributed by atoms with Crippen LogP contribution in [0.4, 0.5) is 0 Å². The van der Waals surface area contributed by atoms with Crippen LogP contribution in [0.5, 0.6) is 6.01 Å². The van der Waals surface area contributed by atoms with Crippen molar-refractivity contribution in [3.8, 4) is 17.3 Å². The van der Waals surface area contributed by atoms with Crippen LogP contribution >= 0.6 is 11.6 Å². The first kappa shape index (κ1) is 15.3. The van der Waals surface area contributed by atoms with E-state index in [4.69, 9.17) is 21.1 Å². The lowest BCUT2D eigenvalue weighted by Crippen LogP contribution is -2.12. The van der Waals surface area contributed by atoms with E-state index in [0.717, 1.165) is 5.56 Å². The number of carbonyl (C=O) groups excluding carboxylic acids is 1. The van der Waals surface area contributed by atoms with Crippen LogP contribution in [-0.4, -0.2) is 29.7 Å². The van der Waals surface area contributed by atoms with Crippen molar-refractivity contribution in [2.24, 2.45) is 0 Å². The van der Waals surface area contributed by atoms with Gasteiger partial charge in [-0.2, -0.15) is 9.97 Å². The molecular formula is C15H15ClN2O3. The average molecular weight is 307 g/mol. The summed E-state index contributed by atoms with van der Waals surface area (Å²) in [5.41, 5.74) is 2.05. The van der Waals surface area contributed by atoms with Gasteiger partial charge in [-0.3, -0.25) is 0 Å². The van der Waals surface area contributed by atoms with Gasteiger partial charge in [-0.1, -0.05) is 23.7 Å². The summed E-state index contributed by atoms with van der Waals surface area (Å²) in [6, 6.07) is 7.23. The number of nitrogens with zero attached hydrogens (tertiary/aromatic N) is 2. The SMILES string of the molecule is CCOC(=O)c1c(C)nc(OC)nc1-c1ccc(Cl)cc1. The molecule has 1 aromatic heterocycles. The first-order valence-corrected chi connectivity index (χ1v) is 6.80. The average Bonchev–Trinajstić information content (AvgIpc) is 2.47. The molecule has 0 N–H and O–H groups in total. The van der Waals surface area contributed by atoms with Gasteiger partial charge in [-0.05, 0) is 26.0 Å². The Labute approximate surface area is 127 Å². The van der Waals surface area contributed by atoms with E-state index in [1.54, 1.807) is 38.1 Å². The Morgan fingerprint density at radius 1 is 1.24 bits per heavy atom. The number of aromatic nitrogens is 2. The first-order valence-electron chi connectivity index (χ1n) is 6.42. The Bertz CT molecular complexity index is 657. The van der Waals surface area contributed by atoms with E-state index < -0.39 is 5.97 Å². The summed E-state index contributed by atoms with van der Waals surface area (Å²) in [6.07, 6.45) is 0. The minimum Gasteiger partial charge on any atom is -0.467 e. The summed E-state index contributed by atoms with van der Waals surface area (Å²) in [7, 11) is 1.48. The molecule has 0 aliphatic carbocycles. The van der Waals surface area contributed by atoms with Gasteiger partial charge in [0, 0.05) is 10.6 Å². The Morgan fingerprint density at radius 2 is 1.90 bits per heavy atom. The zero-order valence-corrected chi connectivity index (χ0v) is 12.8. The normalized spacial score (nSPS) is 10.3. The standard InChI is InChI=1S/C15H15ClN2O3/c1-4-21-14(19)12-9(2)17-15(20-3)18-13(12)10-5-7-11(16)8-6-10/h5-8H,4H2,1-3H3. The second-order valence-corrected chi connectivity index (χ2v) is 4.68. The van der Waals surface area contributed by atoms with E-state index in [2.05, 4.69) is 9.97 Å². The molecular weight excluding hydrogens is 292 g/mol. The molecule has 0 aliphatic rings. The van der Waals surface area contributed by atoms with Gasteiger partial charge < -0.3 is 9.47 Å². The third-order valence-electron chi connectivity index (χ3n) is 2.85. The van der Waals surface area contributed by atoms with Crippen molar-refractivity contribution >= 4 is 17.6 Å². The first-order chi connectivity index (χ1) is 10.1. The van der Waals surface area contributed by atoms with Crippen molar-refractivity contribution < 1.29 is 14.3 Å². The highest BCUT2D eigenvalue weighted by Crippen LogP contribution is 2.27. The summed E-state index contributed by atoms with van der Waals surface area (Å²) < 4.78 is 10.2. The molecule has 110 valence electrons. The number of esters is 1. The van der Waals surface area contributed by atoms with Crippen LogP contribution in [0.3, 0.4) is 0 Å². The molecule has 2 aromatic rings. The number of aryl methyl sites for hydroxylation is 1. The van der Waals surface area contributed by atoms with Gasteiger partial charge in [0.05, 0.1) is 25.1 Å². The molecule has 0 fully saturated rings. The maximum Gasteiger partial charge on any atom is 0.342 e. The van der Waals surface area contributed by atoms with Crippen LogP contribution in [0.25, 0.3) is 11.3 Å². The fourth-order valence-corrected chi connectivity index (χ4v) is 2.03. The molecule has 0 radical (unpaired) electrons. The minimum atomic E-state index is -0.456. The Kier molecular flexibility index (Phi) is 4.75. The van der Waals surface area contributed by atoms with Crippen LogP contribution in [-0.2, 0) is 4.74 Å². The summed E-state index contributed by atoms with van der Waals surface area (Å²) in [6.45, 7) is 3.75. The van der Waals surface area contributed by atoms with E-state index in [9.17, 15) is 4.79 Å². The maximum absolute atomic E-state index is 12.2. The van der Waals surface area contributed by atoms with Crippen LogP contribution in [0.1, 0.15) is 23.0 Å². The van der Waals surface area contributed by atoms with Gasteiger partial charge in [0.1, 0.15) is 5.56 Å². The van der Waals surface area contributed by atoms with Crippen molar-refractivity contribution in [1.82, 2.24) is 9.97 Å². The number of hydrogen-bond acceptors (Lipinski definition) is 5. The zero-order valence-electron chi connectivity index (χ0n) is 12.0. The van der Waals surface area contributed by atoms with E-state index in [1.807, 2.05) is 0 Å². The third kappa shape index (κ3) is 3.31. The molecule has 1 aromatic carbocycles. The van der Waals surface area contributed by atoms with Crippen molar-refractivity contribution in [2.75, 3.05) is 13.7 Å². The van der Waals surface area contributed by atoms with Crippen LogP contribution < -0.4 is 4.74 Å². The van der Waals surface area contributed by atoms with Gasteiger partial charge >= 0.3 is 12.0 Å². The second-order valence-electron chi connectivity index (χ2n) is 4.25. The number of methoxy groups -OCH3 is 1. The Balaban J connectivity index is 2.62. The molecule has 0 spiro atoms. The van der Waals surface area contributed by atoms with Crippen LogP contribution in [0.2, 0.25) is 5.02 Å². The number of carbonyl (C=O) groups is 1. The fourth-order valence-electron chi connectivity index (χ4n) is 1.90. The molecule has 0 bridgehead atoms. The molecule has 0 aliphatic heterocycles. The molecule has 5 nitrogen and oxygen atoms in total. The Hall–Kier alpha value is -2.14. The number of halogens is 1. The third-order valence-corrected chi connectivity index (χ3v) is 3.10. The number of rotatable bonds is 4. The van der Waals surface area contributed by atoms with Gasteiger partial charge in [-0.25, -0.2) is 4.79 Å². The highest BCUT2D eigenvalue weighted by atomic mass is 35.5. The summed E-state index contributed by atoms with van der Waals surface area (Å²) >= 11 is 5.89. The fraction of sp³-hybridized carbons (Fsp3) is 0.267. The molecule has 21 heavy (non-hydrogen) atoms. The summed E-state index contributed by atoms with van der Waals surface area (Å²) in [5.74, 6) is -0.456. The van der Waals surface area contributed by atoms with Gasteiger partial charge in [0.25, 0.3) is 0 Å². The number of benzene rings is 1. The quantitative estimate of drug-likeness (QED) is 0.811. The van der Waals surface area contributed by atoms with Gasteiger partial charge in [0.15, 0.2) is 0 Å². The highest BCUT2D eigenvalue weighted by Gasteiger charge is 2.21. The molecule has 0 unspecified atom stereocenters. The summed E-state index contributed by atoms with van der Waals surface area (Å²) in [5, 5.41) is 0.606. The van der Waals surface area contributed by atoms with E-state index in [1.165, 1.54) is 7.11 Å². The topological polar surface area (TPSA) is 61.3 Å². The molecule has 0 saturated heterocycles. The van der Waals surface area contributed by atoms with E-state index in [-0.39, 0.29) is 12.6 Å². The molecule has 0 saturated carbocycles. The second kappa shape index (κ2) is 6.54. The minimum absolute atomic E-state index is 0.200. The lowest BCUT2D eigenvalue weighted by atomic mass is 10.0. The van der Waals surface area contributed by atoms with E-state index in [0.29, 0.717) is 22.0 Å². The Morgan fingerprint density at radius 3 is 2.48 bits per heavy atom. The lowest BCUT2D eigenvalue weighted by molar-refractivity contribution is 0.0525. The highest BCUT2D eigenvalue weighted by molar-refractivity contribution is 6.30. The number of hydrogen-bond donors (Lipinski definition) is 0. The van der Waals surface area contributed by atoms with E-state index >= 15 is 0 Å². The van der Waals surface area contributed by atoms with Gasteiger partial charge in [-0.15, -0.1) is 0 Å². The maximum atomic E-state index is 12.2. The molecule has 0 amide bonds. The van der Waals surface area contributed by atoms with Crippen molar-refractivity contribution in [3.63, 3.8) is 0 Å². The smallest absolute Gasteiger partial charge is 0.342 e. The van der Waals surface area contributed by atoms with Crippen molar-refractivity contribution in [1.29, 1.82) is 0 Å². The molecule has 0 atom stereocenters. The lowest BCUT2D eigenvalue weighted by Gasteiger charge is -2.12. The molecule has 6 heteroatoms. The number of ether oxygens (including phenoxy) is 2. The van der Waals surface area contributed by atoms with Crippen LogP contribution in [0.15, 0.2) is 24.3 Å².